The number of rotatable bonds is 2. The molecule has 0 spiro atoms. The van der Waals surface area contributed by atoms with E-state index in [2.05, 4.69) is 23.9 Å². The maximum atomic E-state index is 11.5. The largest absolute Gasteiger partial charge is 0.383 e. The van der Waals surface area contributed by atoms with Crippen molar-refractivity contribution in [2.75, 3.05) is 13.6 Å². The number of hydrogen-bond donors (Lipinski definition) is 2. The van der Waals surface area contributed by atoms with Gasteiger partial charge in [0.1, 0.15) is 6.10 Å². The highest BCUT2D eigenvalue weighted by Crippen LogP contribution is 2.22. The number of carbonyl (C=O) groups is 2. The van der Waals surface area contributed by atoms with Gasteiger partial charge in [-0.15, -0.1) is 19.3 Å². The van der Waals surface area contributed by atoms with Crippen molar-refractivity contribution in [2.45, 2.75) is 12.5 Å². The van der Waals surface area contributed by atoms with Crippen LogP contribution in [0.15, 0.2) is 48.5 Å². The predicted molar refractivity (Wildman–Crippen MR) is 116 cm³/mol. The molecular weight excluding hydrogens is 380 g/mol. The quantitative estimate of drug-likeness (QED) is 0.635. The summed E-state index contributed by atoms with van der Waals surface area (Å²) < 4.78 is 1.68. The molecule has 1 aliphatic rings. The van der Waals surface area contributed by atoms with Crippen molar-refractivity contribution in [2.24, 2.45) is 5.73 Å². The second kappa shape index (κ2) is 9.92. The molecule has 1 fully saturated rings. The van der Waals surface area contributed by atoms with Crippen LogP contribution >= 0.6 is 0 Å². The van der Waals surface area contributed by atoms with Gasteiger partial charge in [0.2, 0.25) is 0 Å². The molecule has 2 heterocycles. The molecule has 3 aromatic rings. The van der Waals surface area contributed by atoms with Crippen LogP contribution in [0, 0.1) is 25.2 Å². The Morgan fingerprint density at radius 2 is 1.93 bits per heavy atom. The van der Waals surface area contributed by atoms with Gasteiger partial charge in [0, 0.05) is 24.5 Å². The molecule has 1 aromatic heterocycles. The molecular formula is C23H22N4O3. The summed E-state index contributed by atoms with van der Waals surface area (Å²) in [6, 6.07) is 14.8. The predicted octanol–water partition coefficient (Wildman–Crippen LogP) is 1.56. The minimum Gasteiger partial charge on any atom is -0.383 e. The number of likely N-dealkylation sites (tertiary alicyclic amines) is 1. The number of aliphatic hydroxyl groups excluding tert-OH is 1. The molecule has 2 aromatic carbocycles. The average molecular weight is 402 g/mol. The van der Waals surface area contributed by atoms with E-state index in [4.69, 9.17) is 17.3 Å². The lowest BCUT2D eigenvalue weighted by Crippen LogP contribution is -2.24. The highest BCUT2D eigenvalue weighted by molar-refractivity contribution is 6.04. The molecule has 2 amide bonds. The zero-order chi connectivity index (χ0) is 22.3. The molecule has 152 valence electrons. The number of fused-ring (bicyclic) bond motifs is 1. The molecule has 7 heteroatoms. The van der Waals surface area contributed by atoms with Gasteiger partial charge < -0.3 is 15.7 Å². The molecule has 1 saturated heterocycles. The molecule has 0 saturated carbocycles. The molecule has 1 aliphatic heterocycles. The molecule has 0 radical (unpaired) electrons. The fourth-order valence-electron chi connectivity index (χ4n) is 2.98. The number of likely N-dealkylation sites (N-methyl/N-ethyl adjacent to an activating group) is 1. The number of benzene rings is 2. The summed E-state index contributed by atoms with van der Waals surface area (Å²) in [6.45, 7) is 0.694. The van der Waals surface area contributed by atoms with Gasteiger partial charge in [0.15, 0.2) is 5.69 Å². The van der Waals surface area contributed by atoms with Crippen LogP contribution < -0.4 is 5.73 Å². The maximum absolute atomic E-state index is 11.5. The second-order valence-corrected chi connectivity index (χ2v) is 6.40. The van der Waals surface area contributed by atoms with Crippen molar-refractivity contribution >= 4 is 22.7 Å². The van der Waals surface area contributed by atoms with Crippen molar-refractivity contribution in [3.63, 3.8) is 0 Å². The van der Waals surface area contributed by atoms with Crippen LogP contribution in [0.4, 0.5) is 0 Å². The van der Waals surface area contributed by atoms with Crippen molar-refractivity contribution in [1.82, 2.24) is 14.7 Å². The lowest BCUT2D eigenvalue weighted by Gasteiger charge is -2.04. The summed E-state index contributed by atoms with van der Waals surface area (Å²) in [7, 11) is 1.69. The normalized spacial score (nSPS) is 14.8. The topological polar surface area (TPSA) is 101 Å². The van der Waals surface area contributed by atoms with Crippen LogP contribution in [0.25, 0.3) is 16.6 Å². The summed E-state index contributed by atoms with van der Waals surface area (Å²) in [5.74, 6) is 1.89. The lowest BCUT2D eigenvalue weighted by atomic mass is 10.2. The molecule has 0 aliphatic carbocycles. The number of carbonyl (C=O) groups excluding carboxylic acids is 2. The molecule has 0 unspecified atom stereocenters. The van der Waals surface area contributed by atoms with Crippen molar-refractivity contribution < 1.29 is 14.7 Å². The molecule has 4 rings (SSSR count). The first-order valence-electron chi connectivity index (χ1n) is 9.03. The Kier molecular flexibility index (Phi) is 7.35. The Hall–Kier alpha value is -4.07. The Morgan fingerprint density at radius 1 is 1.23 bits per heavy atom. The summed E-state index contributed by atoms with van der Waals surface area (Å²) in [5.41, 5.74) is 8.00. The number of aromatic nitrogens is 2. The summed E-state index contributed by atoms with van der Waals surface area (Å²) in [4.78, 5) is 23.6. The van der Waals surface area contributed by atoms with Crippen LogP contribution in [0.5, 0.6) is 0 Å². The van der Waals surface area contributed by atoms with Gasteiger partial charge in [-0.25, -0.2) is 4.68 Å². The number of aliphatic hydroxyl groups is 1. The van der Waals surface area contributed by atoms with E-state index >= 15 is 0 Å². The third kappa shape index (κ3) is 4.67. The first-order chi connectivity index (χ1) is 14.4. The van der Waals surface area contributed by atoms with Crippen molar-refractivity contribution in [3.05, 3.63) is 59.8 Å². The van der Waals surface area contributed by atoms with E-state index < -0.39 is 12.0 Å². The summed E-state index contributed by atoms with van der Waals surface area (Å²) in [5, 5.41) is 13.8. The van der Waals surface area contributed by atoms with E-state index in [9.17, 15) is 9.59 Å². The highest BCUT2D eigenvalue weighted by Gasteiger charge is 2.26. The van der Waals surface area contributed by atoms with Crippen molar-refractivity contribution in [3.8, 4) is 30.9 Å². The van der Waals surface area contributed by atoms with Gasteiger partial charge in [-0.3, -0.25) is 9.59 Å². The number of para-hydroxylation sites is 1. The summed E-state index contributed by atoms with van der Waals surface area (Å²) >= 11 is 0. The Labute approximate surface area is 175 Å². The van der Waals surface area contributed by atoms with Crippen LogP contribution in [0.1, 0.15) is 22.5 Å². The standard InChI is InChI=1S/C16H11N3O.C5H9NO2.C2H2/c1-2-11-6-5-7-12(10-11)19-14-9-4-3-8-13(14)15(18-19)16(17)20;1-6-3-2-4(7)5(6)8;1-2/h1,3-10H,(H2,17,20);4,7H,2-3H2,1H3;1-2H/t;4-;/m.0./s1. The van der Waals surface area contributed by atoms with Crippen LogP contribution in [0.3, 0.4) is 0 Å². The maximum Gasteiger partial charge on any atom is 0.269 e. The second-order valence-electron chi connectivity index (χ2n) is 6.40. The molecule has 1 atom stereocenters. The SMILES string of the molecule is C#C.C#Cc1cccc(-n2nc(C(N)=O)c3ccccc32)c1.CN1CC[C@H](O)C1=O. The first kappa shape index (κ1) is 22.2. The number of terminal acetylenes is 2. The fraction of sp³-hybridized carbons (Fsp3) is 0.174. The van der Waals surface area contributed by atoms with Gasteiger partial charge in [-0.2, -0.15) is 5.10 Å². The van der Waals surface area contributed by atoms with Crippen LogP contribution in [-0.4, -0.2) is 51.3 Å². The molecule has 0 bridgehead atoms. The number of hydrogen-bond acceptors (Lipinski definition) is 4. The first-order valence-corrected chi connectivity index (χ1v) is 9.03. The van der Waals surface area contributed by atoms with Gasteiger partial charge in [-0.05, 0) is 30.7 Å². The highest BCUT2D eigenvalue weighted by atomic mass is 16.3. The van der Waals surface area contributed by atoms with Crippen LogP contribution in [0.2, 0.25) is 0 Å². The molecule has 30 heavy (non-hydrogen) atoms. The van der Waals surface area contributed by atoms with Crippen molar-refractivity contribution in [1.29, 1.82) is 0 Å². The summed E-state index contributed by atoms with van der Waals surface area (Å²) in [6.07, 6.45) is 13.3. The molecule has 7 nitrogen and oxygen atoms in total. The Bertz CT molecular complexity index is 1110. The Balaban J connectivity index is 0.000000269. The van der Waals surface area contributed by atoms with E-state index in [1.165, 1.54) is 4.90 Å². The third-order valence-electron chi connectivity index (χ3n) is 4.48. The monoisotopic (exact) mass is 402 g/mol. The smallest absolute Gasteiger partial charge is 0.269 e. The Morgan fingerprint density at radius 3 is 2.47 bits per heavy atom. The average Bonchev–Trinajstić information content (AvgIpc) is 3.31. The fourth-order valence-corrected chi connectivity index (χ4v) is 2.98. The van der Waals surface area contributed by atoms with E-state index in [1.54, 1.807) is 11.7 Å². The zero-order valence-corrected chi connectivity index (χ0v) is 16.5. The number of nitrogens with zero attached hydrogens (tertiary/aromatic N) is 3. The lowest BCUT2D eigenvalue weighted by molar-refractivity contribution is -0.133. The third-order valence-corrected chi connectivity index (χ3v) is 4.48. The minimum atomic E-state index is -0.722. The van der Waals surface area contributed by atoms with Gasteiger partial charge in [-0.1, -0.05) is 30.2 Å². The molecule has 3 N–H and O–H groups in total. The zero-order valence-electron chi connectivity index (χ0n) is 16.5. The van der Waals surface area contributed by atoms with Crippen LogP contribution in [-0.2, 0) is 4.79 Å². The van der Waals surface area contributed by atoms with E-state index in [0.29, 0.717) is 13.0 Å². The number of amides is 2. The van der Waals surface area contributed by atoms with Gasteiger partial charge in [0.05, 0.1) is 11.2 Å². The minimum absolute atomic E-state index is 0.148. The van der Waals surface area contributed by atoms with E-state index in [0.717, 1.165) is 22.2 Å². The van der Waals surface area contributed by atoms with E-state index in [1.807, 2.05) is 48.5 Å². The van der Waals surface area contributed by atoms with Gasteiger partial charge >= 0.3 is 0 Å². The number of primary amides is 1. The van der Waals surface area contributed by atoms with E-state index in [-0.39, 0.29) is 11.6 Å². The van der Waals surface area contributed by atoms with Gasteiger partial charge in [0.25, 0.3) is 11.8 Å². The number of nitrogens with two attached hydrogens (primary N) is 1.